The van der Waals surface area contributed by atoms with Crippen molar-refractivity contribution in [1.29, 1.82) is 0 Å². The second kappa shape index (κ2) is 6.70. The van der Waals surface area contributed by atoms with Gasteiger partial charge in [0.25, 0.3) is 5.91 Å². The Morgan fingerprint density at radius 2 is 2.00 bits per heavy atom. The average Bonchev–Trinajstić information content (AvgIpc) is 2.48. The van der Waals surface area contributed by atoms with Crippen molar-refractivity contribution in [2.75, 3.05) is 12.4 Å². The van der Waals surface area contributed by atoms with Crippen LogP contribution in [0.4, 0.5) is 5.69 Å². The molecule has 0 spiro atoms. The molecule has 0 bridgehead atoms. The molecule has 0 saturated heterocycles. The second-order valence-electron chi connectivity index (χ2n) is 4.51. The van der Waals surface area contributed by atoms with Gasteiger partial charge in [-0.15, -0.1) is 0 Å². The largest absolute Gasteiger partial charge is 0.497 e. The minimum absolute atomic E-state index is 0.0625. The molecule has 2 rings (SSSR count). The van der Waals surface area contributed by atoms with E-state index in [1.54, 1.807) is 13.2 Å². The summed E-state index contributed by atoms with van der Waals surface area (Å²) in [6, 6.07) is 11.4. The zero-order valence-electron chi connectivity index (χ0n) is 11.8. The molecule has 0 saturated carbocycles. The lowest BCUT2D eigenvalue weighted by molar-refractivity contribution is -0.684. The van der Waals surface area contributed by atoms with Crippen LogP contribution in [0.1, 0.15) is 12.5 Å². The number of benzene rings is 1. The molecule has 4 heteroatoms. The van der Waals surface area contributed by atoms with E-state index in [1.165, 1.54) is 5.56 Å². The number of nitrogens with zero attached hydrogens (tertiary/aromatic N) is 1. The summed E-state index contributed by atoms with van der Waals surface area (Å²) in [5.74, 6) is 0.662. The van der Waals surface area contributed by atoms with Crippen LogP contribution in [0.2, 0.25) is 0 Å². The van der Waals surface area contributed by atoms with Crippen LogP contribution in [0.3, 0.4) is 0 Å². The van der Waals surface area contributed by atoms with Gasteiger partial charge in [-0.25, -0.2) is 0 Å². The van der Waals surface area contributed by atoms with Crippen molar-refractivity contribution in [2.24, 2.45) is 0 Å². The number of aryl methyl sites for hydroxylation is 1. The monoisotopic (exact) mass is 271 g/mol. The number of hydrogen-bond acceptors (Lipinski definition) is 2. The molecule has 2 aromatic rings. The fourth-order valence-corrected chi connectivity index (χ4v) is 1.90. The summed E-state index contributed by atoms with van der Waals surface area (Å²) < 4.78 is 6.98. The fraction of sp³-hybridized carbons (Fsp3) is 0.250. The Morgan fingerprint density at radius 1 is 1.25 bits per heavy atom. The number of aromatic nitrogens is 1. The molecule has 104 valence electrons. The first-order valence-electron chi connectivity index (χ1n) is 6.63. The van der Waals surface area contributed by atoms with Crippen molar-refractivity contribution < 1.29 is 14.1 Å². The number of carbonyl (C=O) groups excluding carboxylic acids is 1. The van der Waals surface area contributed by atoms with Crippen LogP contribution >= 0.6 is 0 Å². The van der Waals surface area contributed by atoms with E-state index in [0.29, 0.717) is 6.54 Å². The van der Waals surface area contributed by atoms with Crippen LogP contribution in [0.5, 0.6) is 5.75 Å². The molecular formula is C16H19N2O2+. The molecule has 1 amide bonds. The predicted molar refractivity (Wildman–Crippen MR) is 77.6 cm³/mol. The lowest BCUT2D eigenvalue weighted by Crippen LogP contribution is -2.39. The van der Waals surface area contributed by atoms with Crippen molar-refractivity contribution in [3.05, 3.63) is 54.4 Å². The van der Waals surface area contributed by atoms with E-state index in [9.17, 15) is 4.79 Å². The number of nitrogens with one attached hydrogen (secondary N) is 1. The molecule has 1 aromatic carbocycles. The number of pyridine rings is 1. The quantitative estimate of drug-likeness (QED) is 0.847. The standard InChI is InChI=1S/C16H18N2O2/c1-3-13-7-9-18(10-8-13)12-16(19)17-14-5-4-6-15(11-14)20-2/h4-11H,3,12H2,1-2H3/p+1. The average molecular weight is 271 g/mol. The molecule has 1 heterocycles. The molecule has 0 fully saturated rings. The van der Waals surface area contributed by atoms with Crippen LogP contribution in [-0.2, 0) is 17.8 Å². The lowest BCUT2D eigenvalue weighted by atomic mass is 10.2. The molecule has 20 heavy (non-hydrogen) atoms. The molecule has 0 atom stereocenters. The van der Waals surface area contributed by atoms with E-state index >= 15 is 0 Å². The first kappa shape index (κ1) is 14.1. The van der Waals surface area contributed by atoms with E-state index in [1.807, 2.05) is 47.3 Å². The summed E-state index contributed by atoms with van der Waals surface area (Å²) in [5.41, 5.74) is 1.99. The molecule has 1 aromatic heterocycles. The summed E-state index contributed by atoms with van der Waals surface area (Å²) in [7, 11) is 1.60. The Bertz CT molecular complexity index is 579. The number of amides is 1. The number of anilines is 1. The number of methoxy groups -OCH3 is 1. The Kier molecular flexibility index (Phi) is 4.71. The van der Waals surface area contributed by atoms with Gasteiger partial charge in [-0.1, -0.05) is 13.0 Å². The van der Waals surface area contributed by atoms with Crippen molar-refractivity contribution >= 4 is 11.6 Å². The third-order valence-corrected chi connectivity index (χ3v) is 3.05. The molecule has 0 radical (unpaired) electrons. The molecule has 0 aliphatic carbocycles. The van der Waals surface area contributed by atoms with Crippen LogP contribution in [0, 0.1) is 0 Å². The third kappa shape index (κ3) is 3.82. The van der Waals surface area contributed by atoms with Crippen molar-refractivity contribution in [1.82, 2.24) is 0 Å². The Morgan fingerprint density at radius 3 is 2.65 bits per heavy atom. The Balaban J connectivity index is 1.97. The highest BCUT2D eigenvalue weighted by Crippen LogP contribution is 2.16. The summed E-state index contributed by atoms with van der Waals surface area (Å²) in [4.78, 5) is 12.0. The van der Waals surface area contributed by atoms with Gasteiger partial charge >= 0.3 is 0 Å². The maximum absolute atomic E-state index is 12.0. The first-order chi connectivity index (χ1) is 9.71. The molecule has 0 aliphatic rings. The SMILES string of the molecule is CCc1cc[n+](CC(=O)Nc2cccc(OC)c2)cc1. The summed E-state index contributed by atoms with van der Waals surface area (Å²) >= 11 is 0. The van der Waals surface area contributed by atoms with Gasteiger partial charge in [0.2, 0.25) is 6.54 Å². The smallest absolute Gasteiger partial charge is 0.290 e. The fourth-order valence-electron chi connectivity index (χ4n) is 1.90. The van der Waals surface area contributed by atoms with E-state index < -0.39 is 0 Å². The number of carbonyl (C=O) groups is 1. The highest BCUT2D eigenvalue weighted by molar-refractivity contribution is 5.89. The van der Waals surface area contributed by atoms with Crippen LogP contribution in [-0.4, -0.2) is 13.0 Å². The van der Waals surface area contributed by atoms with Gasteiger partial charge < -0.3 is 10.1 Å². The normalized spacial score (nSPS) is 10.1. The Labute approximate surface area is 119 Å². The summed E-state index contributed by atoms with van der Waals surface area (Å²) in [6.07, 6.45) is 4.84. The van der Waals surface area contributed by atoms with E-state index in [0.717, 1.165) is 17.9 Å². The van der Waals surface area contributed by atoms with Gasteiger partial charge in [0.15, 0.2) is 12.4 Å². The molecular weight excluding hydrogens is 252 g/mol. The van der Waals surface area contributed by atoms with E-state index in [-0.39, 0.29) is 5.91 Å². The number of ether oxygens (including phenoxy) is 1. The van der Waals surface area contributed by atoms with Crippen LogP contribution < -0.4 is 14.6 Å². The van der Waals surface area contributed by atoms with Crippen molar-refractivity contribution in [3.63, 3.8) is 0 Å². The van der Waals surface area contributed by atoms with Crippen LogP contribution in [0.25, 0.3) is 0 Å². The van der Waals surface area contributed by atoms with Gasteiger partial charge in [-0.05, 0) is 24.1 Å². The van der Waals surface area contributed by atoms with E-state index in [2.05, 4.69) is 12.2 Å². The van der Waals surface area contributed by atoms with Gasteiger partial charge in [0, 0.05) is 23.9 Å². The molecule has 1 N–H and O–H groups in total. The highest BCUT2D eigenvalue weighted by Gasteiger charge is 2.09. The van der Waals surface area contributed by atoms with Gasteiger partial charge in [0.1, 0.15) is 5.75 Å². The van der Waals surface area contributed by atoms with Gasteiger partial charge in [0.05, 0.1) is 7.11 Å². The minimum Gasteiger partial charge on any atom is -0.497 e. The number of rotatable bonds is 5. The molecule has 0 aliphatic heterocycles. The molecule has 0 unspecified atom stereocenters. The number of hydrogen-bond donors (Lipinski definition) is 1. The highest BCUT2D eigenvalue weighted by atomic mass is 16.5. The maximum Gasteiger partial charge on any atom is 0.290 e. The zero-order valence-corrected chi connectivity index (χ0v) is 11.8. The third-order valence-electron chi connectivity index (χ3n) is 3.05. The molecule has 4 nitrogen and oxygen atoms in total. The minimum atomic E-state index is -0.0625. The predicted octanol–water partition coefficient (Wildman–Crippen LogP) is 2.18. The van der Waals surface area contributed by atoms with Crippen molar-refractivity contribution in [3.8, 4) is 5.75 Å². The van der Waals surface area contributed by atoms with Crippen molar-refractivity contribution in [2.45, 2.75) is 19.9 Å². The van der Waals surface area contributed by atoms with Gasteiger partial charge in [-0.2, -0.15) is 4.57 Å². The topological polar surface area (TPSA) is 42.2 Å². The second-order valence-corrected chi connectivity index (χ2v) is 4.51. The lowest BCUT2D eigenvalue weighted by Gasteiger charge is -2.05. The Hall–Kier alpha value is -2.36. The van der Waals surface area contributed by atoms with Gasteiger partial charge in [-0.3, -0.25) is 4.79 Å². The first-order valence-corrected chi connectivity index (χ1v) is 6.63. The summed E-state index contributed by atoms with van der Waals surface area (Å²) in [5, 5.41) is 2.85. The zero-order chi connectivity index (χ0) is 14.4. The van der Waals surface area contributed by atoms with E-state index in [4.69, 9.17) is 4.74 Å². The van der Waals surface area contributed by atoms with Crippen LogP contribution in [0.15, 0.2) is 48.8 Å². The maximum atomic E-state index is 12.0. The summed E-state index contributed by atoms with van der Waals surface area (Å²) in [6.45, 7) is 2.40.